The Morgan fingerprint density at radius 3 is 2.06 bits per heavy atom. The molecule has 0 N–H and O–H groups in total. The summed E-state index contributed by atoms with van der Waals surface area (Å²) in [6, 6.07) is 5.13. The first kappa shape index (κ1) is 32.8. The van der Waals surface area contributed by atoms with E-state index in [0.717, 1.165) is 31.7 Å². The molecule has 1 heterocycles. The van der Waals surface area contributed by atoms with Crippen LogP contribution in [0.4, 0.5) is 4.79 Å². The Balaban J connectivity index is 0.000000499. The molecule has 2 rings (SSSR count). The van der Waals surface area contributed by atoms with Crippen molar-refractivity contribution in [1.29, 1.82) is 0 Å². The molecule has 11 heteroatoms. The fourth-order valence-electron chi connectivity index (χ4n) is 2.64. The maximum absolute atomic E-state index is 11.4. The maximum Gasteiger partial charge on any atom is 0.410 e. The molecule has 0 aromatic heterocycles. The van der Waals surface area contributed by atoms with Gasteiger partial charge in [0, 0.05) is 32.8 Å². The van der Waals surface area contributed by atoms with Gasteiger partial charge in [-0.15, -0.1) is 0 Å². The number of amides is 2. The van der Waals surface area contributed by atoms with Crippen molar-refractivity contribution in [3.63, 3.8) is 0 Å². The second kappa shape index (κ2) is 17.2. The molecule has 0 aliphatic carbocycles. The highest BCUT2D eigenvalue weighted by atomic mass is 35.5. The number of ether oxygens (including phenoxy) is 4. The minimum atomic E-state index is -0.425. The van der Waals surface area contributed by atoms with E-state index in [4.69, 9.17) is 32.7 Å². The third-order valence-corrected chi connectivity index (χ3v) is 5.17. The molecule has 1 aromatic rings. The average Bonchev–Trinajstić information content (AvgIpc) is 3.34. The van der Waals surface area contributed by atoms with Crippen LogP contribution in [0.15, 0.2) is 18.2 Å². The Kier molecular flexibility index (Phi) is 16.1. The molecule has 0 bridgehead atoms. The van der Waals surface area contributed by atoms with Crippen molar-refractivity contribution in [1.82, 2.24) is 9.80 Å². The predicted octanol–water partition coefficient (Wildman–Crippen LogP) is 4.67. The van der Waals surface area contributed by atoms with E-state index in [9.17, 15) is 14.4 Å². The van der Waals surface area contributed by atoms with Crippen molar-refractivity contribution < 1.29 is 33.3 Å². The van der Waals surface area contributed by atoms with Gasteiger partial charge < -0.3 is 28.7 Å². The van der Waals surface area contributed by atoms with Crippen LogP contribution in [0.2, 0.25) is 10.0 Å². The molecule has 1 aliphatic rings. The average molecular weight is 537 g/mol. The molecule has 1 fully saturated rings. The fourth-order valence-corrected chi connectivity index (χ4v) is 2.93. The summed E-state index contributed by atoms with van der Waals surface area (Å²) in [7, 11) is 4.31. The molecule has 0 atom stereocenters. The van der Waals surface area contributed by atoms with Gasteiger partial charge in [-0.05, 0) is 52.7 Å². The van der Waals surface area contributed by atoms with Crippen LogP contribution in [0.25, 0.3) is 0 Å². The van der Waals surface area contributed by atoms with E-state index in [1.807, 2.05) is 20.8 Å². The normalized spacial score (nSPS) is 12.4. The monoisotopic (exact) mass is 536 g/mol. The van der Waals surface area contributed by atoms with Gasteiger partial charge in [0.1, 0.15) is 24.5 Å². The number of esters is 1. The number of carbonyl (C=O) groups is 3. The molecule has 200 valence electrons. The molecular formula is C24H38Cl2N2O7. The van der Waals surface area contributed by atoms with E-state index in [2.05, 4.69) is 9.47 Å². The lowest BCUT2D eigenvalue weighted by Crippen LogP contribution is -2.38. The summed E-state index contributed by atoms with van der Waals surface area (Å²) in [5, 5.41) is 1.06. The van der Waals surface area contributed by atoms with Gasteiger partial charge in [-0.2, -0.15) is 0 Å². The number of halogens is 2. The lowest BCUT2D eigenvalue weighted by atomic mass is 10.2. The van der Waals surface area contributed by atoms with E-state index < -0.39 is 5.97 Å². The Labute approximate surface area is 218 Å². The number of rotatable bonds is 6. The van der Waals surface area contributed by atoms with Gasteiger partial charge in [-0.1, -0.05) is 23.2 Å². The van der Waals surface area contributed by atoms with Crippen LogP contribution >= 0.6 is 23.2 Å². The van der Waals surface area contributed by atoms with Gasteiger partial charge in [-0.3, -0.25) is 9.59 Å². The molecule has 1 saturated heterocycles. The van der Waals surface area contributed by atoms with Crippen LogP contribution in [0.3, 0.4) is 0 Å². The summed E-state index contributed by atoms with van der Waals surface area (Å²) in [6.45, 7) is 9.61. The van der Waals surface area contributed by atoms with E-state index >= 15 is 0 Å². The number of nitrogens with zero attached hydrogens (tertiary/aromatic N) is 2. The molecule has 0 radical (unpaired) electrons. The van der Waals surface area contributed by atoms with Crippen LogP contribution in [0.5, 0.6) is 5.75 Å². The number of benzene rings is 1. The van der Waals surface area contributed by atoms with Crippen LogP contribution < -0.4 is 4.74 Å². The van der Waals surface area contributed by atoms with Gasteiger partial charge in [0.2, 0.25) is 5.91 Å². The van der Waals surface area contributed by atoms with Gasteiger partial charge in [0.15, 0.2) is 0 Å². The van der Waals surface area contributed by atoms with Crippen molar-refractivity contribution in [3.05, 3.63) is 28.2 Å². The van der Waals surface area contributed by atoms with Crippen LogP contribution in [0, 0.1) is 0 Å². The molecule has 35 heavy (non-hydrogen) atoms. The molecule has 0 saturated carbocycles. The Morgan fingerprint density at radius 2 is 1.63 bits per heavy atom. The number of likely N-dealkylation sites (N-methyl/N-ethyl adjacent to an activating group) is 1. The zero-order valence-electron chi connectivity index (χ0n) is 21.7. The first-order valence-electron chi connectivity index (χ1n) is 11.2. The number of carbonyl (C=O) groups excluding carboxylic acids is 3. The van der Waals surface area contributed by atoms with Crippen molar-refractivity contribution in [2.45, 2.75) is 46.1 Å². The van der Waals surface area contributed by atoms with Crippen molar-refractivity contribution >= 4 is 41.2 Å². The SMILES string of the molecule is CC(C)(C)OC(=O)N1CCCC1.CCN(CC(=O)OC)C(=O)COC.COc1ccc(Cl)c(Cl)c1. The summed E-state index contributed by atoms with van der Waals surface area (Å²) in [5.41, 5.74) is -0.361. The topological polar surface area (TPSA) is 94.6 Å². The lowest BCUT2D eigenvalue weighted by Gasteiger charge is -2.23. The van der Waals surface area contributed by atoms with Gasteiger partial charge in [0.25, 0.3) is 0 Å². The number of hydrogen-bond donors (Lipinski definition) is 0. The zero-order valence-corrected chi connectivity index (χ0v) is 23.2. The molecular weight excluding hydrogens is 499 g/mol. The van der Waals surface area contributed by atoms with Crippen LogP contribution in [-0.4, -0.2) is 87.5 Å². The molecule has 1 aliphatic heterocycles. The minimum absolute atomic E-state index is 0.00909. The maximum atomic E-state index is 11.4. The van der Waals surface area contributed by atoms with Crippen molar-refractivity contribution in [2.75, 3.05) is 54.1 Å². The first-order valence-corrected chi connectivity index (χ1v) is 11.9. The fraction of sp³-hybridized carbons (Fsp3) is 0.625. The number of hydrogen-bond acceptors (Lipinski definition) is 7. The van der Waals surface area contributed by atoms with Crippen LogP contribution in [-0.2, 0) is 23.8 Å². The van der Waals surface area contributed by atoms with Crippen molar-refractivity contribution in [2.24, 2.45) is 0 Å². The Hall–Kier alpha value is -2.23. The van der Waals surface area contributed by atoms with Gasteiger partial charge >= 0.3 is 12.1 Å². The molecule has 1 aromatic carbocycles. The summed E-state index contributed by atoms with van der Waals surface area (Å²) in [5.74, 6) is 0.0797. The van der Waals surface area contributed by atoms with E-state index in [1.165, 1.54) is 19.1 Å². The predicted molar refractivity (Wildman–Crippen MR) is 136 cm³/mol. The third-order valence-electron chi connectivity index (χ3n) is 4.43. The minimum Gasteiger partial charge on any atom is -0.497 e. The Morgan fingerprint density at radius 1 is 1.03 bits per heavy atom. The summed E-state index contributed by atoms with van der Waals surface area (Å²) in [6.07, 6.45) is 2.05. The highest BCUT2D eigenvalue weighted by Gasteiger charge is 2.23. The highest BCUT2D eigenvalue weighted by molar-refractivity contribution is 6.42. The third kappa shape index (κ3) is 14.7. The Bertz CT molecular complexity index is 795. The molecule has 0 unspecified atom stereocenters. The molecule has 9 nitrogen and oxygen atoms in total. The largest absolute Gasteiger partial charge is 0.497 e. The standard InChI is InChI=1S/C9H17NO2.C8H15NO4.C7H6Cl2O/c1-9(2,3)12-8(11)10-6-4-5-7-10;1-4-9(5-8(11)13-3)7(10)6-12-2;1-10-5-2-3-6(8)7(9)4-5/h4-7H2,1-3H3;4-6H2,1-3H3;2-4H,1H3. The second-order valence-corrected chi connectivity index (χ2v) is 9.19. The van der Waals surface area contributed by atoms with E-state index in [0.29, 0.717) is 16.6 Å². The summed E-state index contributed by atoms with van der Waals surface area (Å²) < 4.78 is 19.2. The second-order valence-electron chi connectivity index (χ2n) is 8.37. The molecule has 2 amide bonds. The van der Waals surface area contributed by atoms with Gasteiger partial charge in [-0.25, -0.2) is 4.79 Å². The zero-order chi connectivity index (χ0) is 27.0. The van der Waals surface area contributed by atoms with Crippen molar-refractivity contribution in [3.8, 4) is 5.75 Å². The lowest BCUT2D eigenvalue weighted by molar-refractivity contribution is -0.148. The quantitative estimate of drug-likeness (QED) is 0.487. The van der Waals surface area contributed by atoms with E-state index in [-0.39, 0.29) is 30.8 Å². The van der Waals surface area contributed by atoms with E-state index in [1.54, 1.807) is 37.1 Å². The first-order chi connectivity index (χ1) is 16.4. The highest BCUT2D eigenvalue weighted by Crippen LogP contribution is 2.25. The number of methoxy groups -OCH3 is 3. The summed E-state index contributed by atoms with van der Waals surface area (Å²) in [4.78, 5) is 36.6. The summed E-state index contributed by atoms with van der Waals surface area (Å²) >= 11 is 11.3. The smallest absolute Gasteiger partial charge is 0.410 e. The van der Waals surface area contributed by atoms with Crippen LogP contribution in [0.1, 0.15) is 40.5 Å². The number of likely N-dealkylation sites (tertiary alicyclic amines) is 1. The van der Waals surface area contributed by atoms with Gasteiger partial charge in [0.05, 0.1) is 24.3 Å². The molecule has 0 spiro atoms.